The van der Waals surface area contributed by atoms with Crippen LogP contribution in [-0.4, -0.2) is 77.6 Å². The van der Waals surface area contributed by atoms with Crippen LogP contribution in [0.5, 0.6) is 0 Å². The fourth-order valence-electron chi connectivity index (χ4n) is 2.28. The number of rotatable bonds is 6. The second-order valence-electron chi connectivity index (χ2n) is 4.83. The molecule has 0 saturated carbocycles. The number of carbonyl (C=O) groups excluding carboxylic acids is 1. The van der Waals surface area contributed by atoms with Crippen molar-refractivity contribution < 1.29 is 14.7 Å². The van der Waals surface area contributed by atoms with E-state index in [-0.39, 0.29) is 12.5 Å². The number of piperazine rings is 1. The van der Waals surface area contributed by atoms with Gasteiger partial charge in [-0.25, -0.2) is 4.79 Å². The Balaban J connectivity index is 2.36. The molecule has 0 aromatic carbocycles. The summed E-state index contributed by atoms with van der Waals surface area (Å²) in [5.74, 6) is -0.765. The first-order chi connectivity index (χ1) is 9.08. The van der Waals surface area contributed by atoms with Crippen molar-refractivity contribution in [1.29, 1.82) is 0 Å². The van der Waals surface area contributed by atoms with Gasteiger partial charge in [0.05, 0.1) is 6.42 Å². The number of carboxylic acid groups (broad SMARTS) is 1. The number of amides is 2. The van der Waals surface area contributed by atoms with E-state index >= 15 is 0 Å². The zero-order valence-electron chi connectivity index (χ0n) is 12.0. The molecule has 2 amide bonds. The van der Waals surface area contributed by atoms with Gasteiger partial charge in [-0.3, -0.25) is 9.69 Å². The summed E-state index contributed by atoms with van der Waals surface area (Å²) >= 11 is 0. The van der Waals surface area contributed by atoms with Gasteiger partial charge < -0.3 is 14.9 Å². The number of carbonyl (C=O) groups is 2. The molecule has 1 aliphatic rings. The molecule has 110 valence electrons. The Morgan fingerprint density at radius 1 is 1.16 bits per heavy atom. The largest absolute Gasteiger partial charge is 0.481 e. The molecule has 6 heteroatoms. The summed E-state index contributed by atoms with van der Waals surface area (Å²) < 4.78 is 0. The summed E-state index contributed by atoms with van der Waals surface area (Å²) in [7, 11) is 0. The molecule has 0 bridgehead atoms. The van der Waals surface area contributed by atoms with Crippen LogP contribution in [-0.2, 0) is 4.79 Å². The molecule has 1 saturated heterocycles. The van der Waals surface area contributed by atoms with Gasteiger partial charge in [0.1, 0.15) is 0 Å². The number of urea groups is 1. The van der Waals surface area contributed by atoms with Crippen molar-refractivity contribution in [2.24, 2.45) is 0 Å². The predicted octanol–water partition coefficient (Wildman–Crippen LogP) is 0.931. The van der Waals surface area contributed by atoms with Crippen LogP contribution in [0.25, 0.3) is 0 Å². The zero-order valence-corrected chi connectivity index (χ0v) is 12.0. The SMILES string of the molecule is CCCN(CC)C(=O)N1CCN(CCC(=O)O)CC1. The maximum absolute atomic E-state index is 12.2. The summed E-state index contributed by atoms with van der Waals surface area (Å²) in [6, 6.07) is 0.113. The molecule has 1 rings (SSSR count). The number of nitrogens with zero attached hydrogens (tertiary/aromatic N) is 3. The van der Waals surface area contributed by atoms with Gasteiger partial charge in [-0.15, -0.1) is 0 Å². The monoisotopic (exact) mass is 271 g/mol. The molecule has 19 heavy (non-hydrogen) atoms. The van der Waals surface area contributed by atoms with Gasteiger partial charge in [0.15, 0.2) is 0 Å². The van der Waals surface area contributed by atoms with Gasteiger partial charge in [0.2, 0.25) is 0 Å². The van der Waals surface area contributed by atoms with Crippen LogP contribution in [0.15, 0.2) is 0 Å². The van der Waals surface area contributed by atoms with Crippen molar-refractivity contribution in [3.8, 4) is 0 Å². The molecule has 1 heterocycles. The minimum Gasteiger partial charge on any atom is -0.481 e. The van der Waals surface area contributed by atoms with Gasteiger partial charge in [0, 0.05) is 45.8 Å². The highest BCUT2D eigenvalue weighted by atomic mass is 16.4. The minimum atomic E-state index is -0.765. The van der Waals surface area contributed by atoms with Gasteiger partial charge >= 0.3 is 12.0 Å². The van der Waals surface area contributed by atoms with Gasteiger partial charge in [-0.1, -0.05) is 6.92 Å². The van der Waals surface area contributed by atoms with E-state index in [0.717, 1.165) is 32.6 Å². The summed E-state index contributed by atoms with van der Waals surface area (Å²) in [4.78, 5) is 28.6. The predicted molar refractivity (Wildman–Crippen MR) is 73.2 cm³/mol. The van der Waals surface area contributed by atoms with E-state index in [0.29, 0.717) is 19.6 Å². The van der Waals surface area contributed by atoms with Crippen molar-refractivity contribution >= 4 is 12.0 Å². The molecule has 0 aliphatic carbocycles. The van der Waals surface area contributed by atoms with Crippen molar-refractivity contribution in [3.63, 3.8) is 0 Å². The fourth-order valence-corrected chi connectivity index (χ4v) is 2.28. The zero-order chi connectivity index (χ0) is 14.3. The molecule has 0 aromatic heterocycles. The normalized spacial score (nSPS) is 16.4. The lowest BCUT2D eigenvalue weighted by Gasteiger charge is -2.37. The number of hydrogen-bond acceptors (Lipinski definition) is 3. The minimum absolute atomic E-state index is 0.113. The third kappa shape index (κ3) is 5.06. The van der Waals surface area contributed by atoms with E-state index in [9.17, 15) is 9.59 Å². The first-order valence-corrected chi connectivity index (χ1v) is 7.06. The second-order valence-corrected chi connectivity index (χ2v) is 4.83. The molecular weight excluding hydrogens is 246 g/mol. The van der Waals surface area contributed by atoms with E-state index in [4.69, 9.17) is 5.11 Å². The number of aliphatic carboxylic acids is 1. The third-order valence-corrected chi connectivity index (χ3v) is 3.43. The Morgan fingerprint density at radius 2 is 1.79 bits per heavy atom. The Kier molecular flexibility index (Phi) is 6.62. The summed E-state index contributed by atoms with van der Waals surface area (Å²) in [5.41, 5.74) is 0. The van der Waals surface area contributed by atoms with Crippen LogP contribution >= 0.6 is 0 Å². The van der Waals surface area contributed by atoms with Gasteiger partial charge in [-0.05, 0) is 13.3 Å². The molecule has 1 N–H and O–H groups in total. The number of carboxylic acids is 1. The van der Waals surface area contributed by atoms with Crippen molar-refractivity contribution in [3.05, 3.63) is 0 Å². The van der Waals surface area contributed by atoms with E-state index in [1.54, 1.807) is 0 Å². The molecule has 0 atom stereocenters. The van der Waals surface area contributed by atoms with Crippen LogP contribution in [0.1, 0.15) is 26.7 Å². The third-order valence-electron chi connectivity index (χ3n) is 3.43. The smallest absolute Gasteiger partial charge is 0.320 e. The van der Waals surface area contributed by atoms with Crippen LogP contribution in [0.2, 0.25) is 0 Å². The Bertz CT molecular complexity index is 302. The van der Waals surface area contributed by atoms with E-state index in [1.165, 1.54) is 0 Å². The fraction of sp³-hybridized carbons (Fsp3) is 0.846. The van der Waals surface area contributed by atoms with E-state index < -0.39 is 5.97 Å². The molecule has 1 fully saturated rings. The maximum Gasteiger partial charge on any atom is 0.320 e. The average Bonchev–Trinajstić information content (AvgIpc) is 2.42. The van der Waals surface area contributed by atoms with Crippen LogP contribution in [0.4, 0.5) is 4.79 Å². The molecule has 6 nitrogen and oxygen atoms in total. The van der Waals surface area contributed by atoms with E-state index in [2.05, 4.69) is 11.8 Å². The Morgan fingerprint density at radius 3 is 2.26 bits per heavy atom. The lowest BCUT2D eigenvalue weighted by atomic mass is 10.3. The molecule has 0 aromatic rings. The highest BCUT2D eigenvalue weighted by Gasteiger charge is 2.24. The molecule has 0 unspecified atom stereocenters. The highest BCUT2D eigenvalue weighted by molar-refractivity contribution is 5.74. The average molecular weight is 271 g/mol. The summed E-state index contributed by atoms with van der Waals surface area (Å²) in [6.07, 6.45) is 1.14. The van der Waals surface area contributed by atoms with Crippen molar-refractivity contribution in [2.45, 2.75) is 26.7 Å². The van der Waals surface area contributed by atoms with Crippen molar-refractivity contribution in [1.82, 2.24) is 14.7 Å². The van der Waals surface area contributed by atoms with Gasteiger partial charge in [0.25, 0.3) is 0 Å². The molecular formula is C13H25N3O3. The second kappa shape index (κ2) is 7.99. The lowest BCUT2D eigenvalue weighted by Crippen LogP contribution is -2.53. The molecule has 1 aliphatic heterocycles. The summed E-state index contributed by atoms with van der Waals surface area (Å²) in [6.45, 7) is 9.10. The maximum atomic E-state index is 12.2. The van der Waals surface area contributed by atoms with Crippen LogP contribution in [0, 0.1) is 0 Å². The summed E-state index contributed by atoms with van der Waals surface area (Å²) in [5, 5.41) is 8.65. The quantitative estimate of drug-likeness (QED) is 0.780. The topological polar surface area (TPSA) is 64.1 Å². The number of hydrogen-bond donors (Lipinski definition) is 1. The first kappa shape index (κ1) is 15.8. The standard InChI is InChI=1S/C13H25N3O3/c1-3-6-15(4-2)13(19)16-10-8-14(9-11-16)7-5-12(17)18/h3-11H2,1-2H3,(H,17,18). The van der Waals surface area contributed by atoms with E-state index in [1.807, 2.05) is 16.7 Å². The first-order valence-electron chi connectivity index (χ1n) is 7.06. The molecule has 0 radical (unpaired) electrons. The van der Waals surface area contributed by atoms with Crippen LogP contribution in [0.3, 0.4) is 0 Å². The van der Waals surface area contributed by atoms with Crippen molar-refractivity contribution in [2.75, 3.05) is 45.8 Å². The van der Waals surface area contributed by atoms with Crippen LogP contribution < -0.4 is 0 Å². The molecule has 0 spiro atoms. The Hall–Kier alpha value is -1.30. The Labute approximate surface area is 115 Å². The lowest BCUT2D eigenvalue weighted by molar-refractivity contribution is -0.137. The highest BCUT2D eigenvalue weighted by Crippen LogP contribution is 2.07. The van der Waals surface area contributed by atoms with Gasteiger partial charge in [-0.2, -0.15) is 0 Å².